The SMILES string of the molecule is Cc1nnc(N2CCN(c3nsc4ccccc34)CC2)o1. The topological polar surface area (TPSA) is 58.3 Å². The smallest absolute Gasteiger partial charge is 0.318 e. The summed E-state index contributed by atoms with van der Waals surface area (Å²) in [6.45, 7) is 5.37. The quantitative estimate of drug-likeness (QED) is 0.724. The molecule has 0 N–H and O–H groups in total. The number of aromatic nitrogens is 3. The fraction of sp³-hybridized carbons (Fsp3) is 0.357. The van der Waals surface area contributed by atoms with E-state index in [-0.39, 0.29) is 0 Å². The molecule has 0 saturated carbocycles. The summed E-state index contributed by atoms with van der Waals surface area (Å²) < 4.78 is 11.3. The molecule has 0 aliphatic carbocycles. The lowest BCUT2D eigenvalue weighted by molar-refractivity contribution is 0.492. The van der Waals surface area contributed by atoms with Crippen LogP contribution in [-0.2, 0) is 0 Å². The van der Waals surface area contributed by atoms with E-state index in [1.165, 1.54) is 10.1 Å². The molecule has 21 heavy (non-hydrogen) atoms. The van der Waals surface area contributed by atoms with Gasteiger partial charge in [0.1, 0.15) is 5.82 Å². The molecule has 108 valence electrons. The van der Waals surface area contributed by atoms with E-state index >= 15 is 0 Å². The van der Waals surface area contributed by atoms with E-state index in [2.05, 4.69) is 48.6 Å². The second-order valence-electron chi connectivity index (χ2n) is 5.08. The van der Waals surface area contributed by atoms with Gasteiger partial charge < -0.3 is 14.2 Å². The molecule has 3 aromatic rings. The molecule has 0 spiro atoms. The average molecular weight is 301 g/mol. The molecule has 3 heterocycles. The first kappa shape index (κ1) is 12.6. The van der Waals surface area contributed by atoms with Gasteiger partial charge in [-0.15, -0.1) is 5.10 Å². The van der Waals surface area contributed by atoms with E-state index in [0.29, 0.717) is 11.9 Å². The van der Waals surface area contributed by atoms with Crippen LogP contribution in [-0.4, -0.2) is 40.7 Å². The number of aryl methyl sites for hydroxylation is 1. The van der Waals surface area contributed by atoms with Crippen LogP contribution in [0.5, 0.6) is 0 Å². The van der Waals surface area contributed by atoms with Crippen LogP contribution < -0.4 is 9.80 Å². The van der Waals surface area contributed by atoms with E-state index in [0.717, 1.165) is 32.0 Å². The fourth-order valence-electron chi connectivity index (χ4n) is 2.62. The van der Waals surface area contributed by atoms with Gasteiger partial charge in [-0.25, -0.2) is 0 Å². The van der Waals surface area contributed by atoms with Crippen LogP contribution in [0.2, 0.25) is 0 Å². The van der Waals surface area contributed by atoms with Gasteiger partial charge in [-0.05, 0) is 23.7 Å². The van der Waals surface area contributed by atoms with Gasteiger partial charge in [0.25, 0.3) is 0 Å². The van der Waals surface area contributed by atoms with Crippen molar-refractivity contribution in [2.45, 2.75) is 6.92 Å². The molecule has 4 rings (SSSR count). The number of fused-ring (bicyclic) bond motifs is 1. The lowest BCUT2D eigenvalue weighted by Crippen LogP contribution is -2.46. The Labute approximate surface area is 126 Å². The predicted octanol–water partition coefficient (Wildman–Crippen LogP) is 2.31. The summed E-state index contributed by atoms with van der Waals surface area (Å²) in [5.74, 6) is 1.70. The zero-order chi connectivity index (χ0) is 14.2. The van der Waals surface area contributed by atoms with E-state index in [1.807, 2.05) is 6.92 Å². The van der Waals surface area contributed by atoms with Gasteiger partial charge >= 0.3 is 6.01 Å². The second kappa shape index (κ2) is 5.00. The lowest BCUT2D eigenvalue weighted by Gasteiger charge is -2.33. The van der Waals surface area contributed by atoms with Gasteiger partial charge in [-0.2, -0.15) is 4.37 Å². The molecule has 7 heteroatoms. The predicted molar refractivity (Wildman–Crippen MR) is 83.1 cm³/mol. The van der Waals surface area contributed by atoms with Crippen LogP contribution in [0.3, 0.4) is 0 Å². The Morgan fingerprint density at radius 3 is 2.57 bits per heavy atom. The third-order valence-electron chi connectivity index (χ3n) is 3.72. The number of hydrogen-bond donors (Lipinski definition) is 0. The number of piperazine rings is 1. The van der Waals surface area contributed by atoms with Crippen molar-refractivity contribution >= 4 is 33.5 Å². The van der Waals surface area contributed by atoms with Crippen molar-refractivity contribution < 1.29 is 4.42 Å². The van der Waals surface area contributed by atoms with Crippen LogP contribution in [0.25, 0.3) is 10.1 Å². The van der Waals surface area contributed by atoms with Gasteiger partial charge in [0.15, 0.2) is 0 Å². The van der Waals surface area contributed by atoms with Crippen molar-refractivity contribution in [2.24, 2.45) is 0 Å². The summed E-state index contributed by atoms with van der Waals surface area (Å²) in [5, 5.41) is 9.21. The van der Waals surface area contributed by atoms with E-state index in [1.54, 1.807) is 11.5 Å². The highest BCUT2D eigenvalue weighted by atomic mass is 32.1. The Morgan fingerprint density at radius 1 is 1.05 bits per heavy atom. The summed E-state index contributed by atoms with van der Waals surface area (Å²) in [7, 11) is 0. The van der Waals surface area contributed by atoms with E-state index in [4.69, 9.17) is 4.42 Å². The first-order chi connectivity index (χ1) is 10.3. The molecule has 1 aliphatic heterocycles. The molecule has 0 atom stereocenters. The molecule has 1 aliphatic rings. The highest BCUT2D eigenvalue weighted by Crippen LogP contribution is 2.30. The van der Waals surface area contributed by atoms with Crippen molar-refractivity contribution in [2.75, 3.05) is 36.0 Å². The van der Waals surface area contributed by atoms with E-state index < -0.39 is 0 Å². The Morgan fingerprint density at radius 2 is 1.81 bits per heavy atom. The Balaban J connectivity index is 1.52. The first-order valence-corrected chi connectivity index (χ1v) is 7.73. The monoisotopic (exact) mass is 301 g/mol. The Hall–Kier alpha value is -2.15. The average Bonchev–Trinajstić information content (AvgIpc) is 3.14. The first-order valence-electron chi connectivity index (χ1n) is 6.96. The van der Waals surface area contributed by atoms with Crippen molar-refractivity contribution in [3.8, 4) is 0 Å². The zero-order valence-corrected chi connectivity index (χ0v) is 12.5. The molecule has 1 saturated heterocycles. The van der Waals surface area contributed by atoms with E-state index in [9.17, 15) is 0 Å². The minimum atomic E-state index is 0.609. The Bertz CT molecular complexity index is 759. The number of hydrogen-bond acceptors (Lipinski definition) is 7. The summed E-state index contributed by atoms with van der Waals surface area (Å²) >= 11 is 1.56. The third kappa shape index (κ3) is 2.23. The highest BCUT2D eigenvalue weighted by Gasteiger charge is 2.23. The van der Waals surface area contributed by atoms with Crippen molar-refractivity contribution in [1.82, 2.24) is 14.6 Å². The maximum atomic E-state index is 5.49. The van der Waals surface area contributed by atoms with Crippen LogP contribution in [0, 0.1) is 6.92 Å². The highest BCUT2D eigenvalue weighted by molar-refractivity contribution is 7.13. The maximum Gasteiger partial charge on any atom is 0.318 e. The van der Waals surface area contributed by atoms with Crippen LogP contribution in [0.4, 0.5) is 11.8 Å². The minimum absolute atomic E-state index is 0.609. The van der Waals surface area contributed by atoms with Crippen LogP contribution in [0.1, 0.15) is 5.89 Å². The van der Waals surface area contributed by atoms with Gasteiger partial charge in [-0.3, -0.25) is 0 Å². The fourth-order valence-corrected chi connectivity index (χ4v) is 3.42. The lowest BCUT2D eigenvalue weighted by atomic mass is 10.2. The summed E-state index contributed by atoms with van der Waals surface area (Å²) in [4.78, 5) is 4.46. The molecule has 0 radical (unpaired) electrons. The molecule has 1 aromatic carbocycles. The Kier molecular flexibility index (Phi) is 2.99. The molecular formula is C14H15N5OS. The molecule has 6 nitrogen and oxygen atoms in total. The molecule has 1 fully saturated rings. The van der Waals surface area contributed by atoms with Crippen molar-refractivity contribution in [3.05, 3.63) is 30.2 Å². The largest absolute Gasteiger partial charge is 0.408 e. The molecular weight excluding hydrogens is 286 g/mol. The van der Waals surface area contributed by atoms with Crippen molar-refractivity contribution in [3.63, 3.8) is 0 Å². The number of anilines is 2. The van der Waals surface area contributed by atoms with Gasteiger partial charge in [-0.1, -0.05) is 17.2 Å². The molecule has 0 unspecified atom stereocenters. The third-order valence-corrected chi connectivity index (χ3v) is 4.54. The number of nitrogens with zero attached hydrogens (tertiary/aromatic N) is 5. The molecule has 2 aromatic heterocycles. The molecule has 0 bridgehead atoms. The molecule has 0 amide bonds. The number of benzene rings is 1. The number of rotatable bonds is 2. The van der Waals surface area contributed by atoms with Crippen LogP contribution in [0.15, 0.2) is 28.7 Å². The van der Waals surface area contributed by atoms with Gasteiger partial charge in [0.2, 0.25) is 5.89 Å². The normalized spacial score (nSPS) is 15.9. The summed E-state index contributed by atoms with van der Waals surface area (Å²) in [5.41, 5.74) is 0. The van der Waals surface area contributed by atoms with Gasteiger partial charge in [0.05, 0.1) is 4.70 Å². The summed E-state index contributed by atoms with van der Waals surface area (Å²) in [6, 6.07) is 9.00. The standard InChI is InChI=1S/C14H15N5OS/c1-10-15-16-14(20-10)19-8-6-18(7-9-19)13-11-4-2-3-5-12(11)21-17-13/h2-5H,6-9H2,1H3. The van der Waals surface area contributed by atoms with Crippen molar-refractivity contribution in [1.29, 1.82) is 0 Å². The zero-order valence-electron chi connectivity index (χ0n) is 11.7. The summed E-state index contributed by atoms with van der Waals surface area (Å²) in [6.07, 6.45) is 0. The maximum absolute atomic E-state index is 5.49. The second-order valence-corrected chi connectivity index (χ2v) is 5.89. The minimum Gasteiger partial charge on any atom is -0.408 e. The van der Waals surface area contributed by atoms with Crippen LogP contribution >= 0.6 is 11.5 Å². The van der Waals surface area contributed by atoms with Gasteiger partial charge in [0, 0.05) is 38.5 Å².